The minimum atomic E-state index is 0.380. The van der Waals surface area contributed by atoms with Crippen molar-refractivity contribution in [1.82, 2.24) is 4.90 Å². The summed E-state index contributed by atoms with van der Waals surface area (Å²) in [6.45, 7) is 6.26. The lowest BCUT2D eigenvalue weighted by Crippen LogP contribution is -2.43. The minimum Gasteiger partial charge on any atom is -0.492 e. The number of hydrogen-bond donors (Lipinski definition) is 1. The smallest absolute Gasteiger partial charge is 0.123 e. The third-order valence-electron chi connectivity index (χ3n) is 4.83. The lowest BCUT2D eigenvalue weighted by Gasteiger charge is -2.35. The van der Waals surface area contributed by atoms with Gasteiger partial charge in [-0.05, 0) is 37.2 Å². The molecule has 20 heavy (non-hydrogen) atoms. The lowest BCUT2D eigenvalue weighted by atomic mass is 9.79. The highest BCUT2D eigenvalue weighted by molar-refractivity contribution is 5.33. The van der Waals surface area contributed by atoms with Crippen molar-refractivity contribution in [3.8, 4) is 5.75 Å². The van der Waals surface area contributed by atoms with Crippen molar-refractivity contribution in [2.24, 2.45) is 17.6 Å². The Morgan fingerprint density at radius 2 is 2.15 bits per heavy atom. The van der Waals surface area contributed by atoms with E-state index < -0.39 is 0 Å². The van der Waals surface area contributed by atoms with E-state index in [1.54, 1.807) is 0 Å². The number of para-hydroxylation sites is 1. The van der Waals surface area contributed by atoms with Gasteiger partial charge in [0.15, 0.2) is 0 Å². The van der Waals surface area contributed by atoms with Crippen molar-refractivity contribution in [3.63, 3.8) is 0 Å². The van der Waals surface area contributed by atoms with Crippen molar-refractivity contribution in [3.05, 3.63) is 29.8 Å². The van der Waals surface area contributed by atoms with Gasteiger partial charge in [0.25, 0.3) is 0 Å². The van der Waals surface area contributed by atoms with Crippen LogP contribution >= 0.6 is 0 Å². The van der Waals surface area contributed by atoms with Crippen LogP contribution < -0.4 is 10.5 Å². The van der Waals surface area contributed by atoms with Crippen molar-refractivity contribution >= 4 is 0 Å². The van der Waals surface area contributed by atoms with Gasteiger partial charge in [-0.3, -0.25) is 4.90 Å². The highest BCUT2D eigenvalue weighted by atomic mass is 16.5. The molecule has 1 heterocycles. The second kappa shape index (κ2) is 6.15. The van der Waals surface area contributed by atoms with Gasteiger partial charge in [0.05, 0.1) is 0 Å². The third kappa shape index (κ3) is 3.15. The molecule has 1 aromatic carbocycles. The maximum absolute atomic E-state index is 6.33. The van der Waals surface area contributed by atoms with E-state index in [0.717, 1.165) is 37.9 Å². The zero-order valence-corrected chi connectivity index (χ0v) is 12.4. The predicted octanol–water partition coefficient (Wildman–Crippen LogP) is 2.64. The summed E-state index contributed by atoms with van der Waals surface area (Å²) in [4.78, 5) is 2.52. The van der Waals surface area contributed by atoms with Crippen LogP contribution in [0, 0.1) is 11.8 Å². The summed E-state index contributed by atoms with van der Waals surface area (Å²) in [5, 5.41) is 0. The Morgan fingerprint density at radius 1 is 1.30 bits per heavy atom. The molecule has 1 aromatic rings. The van der Waals surface area contributed by atoms with E-state index in [4.69, 9.17) is 10.5 Å². The van der Waals surface area contributed by atoms with Crippen LogP contribution in [0.2, 0.25) is 0 Å². The second-order valence-corrected chi connectivity index (χ2v) is 6.53. The molecule has 0 aromatic heterocycles. The first-order valence-electron chi connectivity index (χ1n) is 7.91. The molecular formula is C17H26N2O. The molecule has 110 valence electrons. The first-order chi connectivity index (χ1) is 9.72. The average molecular weight is 274 g/mol. The molecule has 1 fully saturated rings. The molecule has 1 aliphatic heterocycles. The van der Waals surface area contributed by atoms with Gasteiger partial charge < -0.3 is 10.5 Å². The van der Waals surface area contributed by atoms with Gasteiger partial charge in [-0.1, -0.05) is 25.1 Å². The number of benzene rings is 1. The number of nitrogens with two attached hydrogens (primary N) is 1. The van der Waals surface area contributed by atoms with Crippen LogP contribution in [0.1, 0.15) is 31.7 Å². The summed E-state index contributed by atoms with van der Waals surface area (Å²) in [6.07, 6.45) is 3.76. The molecule has 3 rings (SSSR count). The number of ether oxygens (including phenoxy) is 1. The van der Waals surface area contributed by atoms with Crippen molar-refractivity contribution in [1.29, 1.82) is 0 Å². The van der Waals surface area contributed by atoms with E-state index >= 15 is 0 Å². The Morgan fingerprint density at radius 3 is 3.05 bits per heavy atom. The molecule has 0 saturated heterocycles. The van der Waals surface area contributed by atoms with E-state index in [1.165, 1.54) is 24.8 Å². The third-order valence-corrected chi connectivity index (χ3v) is 4.83. The SMILES string of the molecule is CC1CCC(N)C(CN2CCOc3ccccc3C2)C1. The molecular weight excluding hydrogens is 248 g/mol. The Hall–Kier alpha value is -1.06. The topological polar surface area (TPSA) is 38.5 Å². The van der Waals surface area contributed by atoms with Gasteiger partial charge in [0, 0.05) is 31.2 Å². The van der Waals surface area contributed by atoms with Gasteiger partial charge in [-0.25, -0.2) is 0 Å². The molecule has 3 heteroatoms. The van der Waals surface area contributed by atoms with Gasteiger partial charge in [-0.2, -0.15) is 0 Å². The Bertz CT molecular complexity index is 448. The molecule has 2 N–H and O–H groups in total. The van der Waals surface area contributed by atoms with Crippen LogP contribution in [-0.2, 0) is 6.54 Å². The van der Waals surface area contributed by atoms with Gasteiger partial charge >= 0.3 is 0 Å². The molecule has 1 saturated carbocycles. The number of rotatable bonds is 2. The molecule has 0 bridgehead atoms. The fraction of sp³-hybridized carbons (Fsp3) is 0.647. The van der Waals surface area contributed by atoms with Crippen molar-refractivity contribution in [2.75, 3.05) is 19.7 Å². The quantitative estimate of drug-likeness (QED) is 0.901. The van der Waals surface area contributed by atoms with E-state index in [9.17, 15) is 0 Å². The summed E-state index contributed by atoms with van der Waals surface area (Å²) in [5.74, 6) is 2.52. The second-order valence-electron chi connectivity index (χ2n) is 6.53. The van der Waals surface area contributed by atoms with E-state index in [1.807, 2.05) is 6.07 Å². The lowest BCUT2D eigenvalue weighted by molar-refractivity contribution is 0.148. The molecule has 0 radical (unpaired) electrons. The van der Waals surface area contributed by atoms with Crippen LogP contribution in [0.5, 0.6) is 5.75 Å². The summed E-state index contributed by atoms with van der Waals surface area (Å²) in [7, 11) is 0. The van der Waals surface area contributed by atoms with Crippen LogP contribution in [-0.4, -0.2) is 30.6 Å². The molecule has 0 spiro atoms. The molecule has 1 aliphatic carbocycles. The summed E-state index contributed by atoms with van der Waals surface area (Å²) in [5.41, 5.74) is 7.64. The van der Waals surface area contributed by atoms with Crippen LogP contribution in [0.25, 0.3) is 0 Å². The van der Waals surface area contributed by atoms with Gasteiger partial charge in [0.1, 0.15) is 12.4 Å². The van der Waals surface area contributed by atoms with E-state index in [-0.39, 0.29) is 0 Å². The van der Waals surface area contributed by atoms with E-state index in [0.29, 0.717) is 12.0 Å². The first-order valence-corrected chi connectivity index (χ1v) is 7.91. The fourth-order valence-corrected chi connectivity index (χ4v) is 3.60. The standard InChI is InChI=1S/C17H26N2O/c1-13-6-7-16(18)15(10-13)12-19-8-9-20-17-5-3-2-4-14(17)11-19/h2-5,13,15-16H,6-12,18H2,1H3. The molecule has 2 aliphatic rings. The minimum absolute atomic E-state index is 0.380. The van der Waals surface area contributed by atoms with Crippen LogP contribution in [0.4, 0.5) is 0 Å². The fourth-order valence-electron chi connectivity index (χ4n) is 3.60. The number of nitrogens with zero attached hydrogens (tertiary/aromatic N) is 1. The highest BCUT2D eigenvalue weighted by Gasteiger charge is 2.28. The predicted molar refractivity (Wildman–Crippen MR) is 81.7 cm³/mol. The molecule has 0 amide bonds. The molecule has 3 atom stereocenters. The van der Waals surface area contributed by atoms with Crippen molar-refractivity contribution in [2.45, 2.75) is 38.8 Å². The van der Waals surface area contributed by atoms with Crippen molar-refractivity contribution < 1.29 is 4.74 Å². The molecule has 3 unspecified atom stereocenters. The van der Waals surface area contributed by atoms with Crippen LogP contribution in [0.3, 0.4) is 0 Å². The first kappa shape index (κ1) is 13.9. The highest BCUT2D eigenvalue weighted by Crippen LogP contribution is 2.30. The molecule has 3 nitrogen and oxygen atoms in total. The summed E-state index contributed by atoms with van der Waals surface area (Å²) < 4.78 is 5.84. The zero-order valence-electron chi connectivity index (χ0n) is 12.4. The number of fused-ring (bicyclic) bond motifs is 1. The number of hydrogen-bond acceptors (Lipinski definition) is 3. The Labute approximate surface area is 122 Å². The van der Waals surface area contributed by atoms with Crippen LogP contribution in [0.15, 0.2) is 24.3 Å². The Kier molecular flexibility index (Phi) is 4.27. The largest absolute Gasteiger partial charge is 0.492 e. The average Bonchev–Trinajstić information content (AvgIpc) is 2.64. The monoisotopic (exact) mass is 274 g/mol. The van der Waals surface area contributed by atoms with Gasteiger partial charge in [-0.15, -0.1) is 0 Å². The maximum Gasteiger partial charge on any atom is 0.123 e. The normalized spacial score (nSPS) is 31.2. The van der Waals surface area contributed by atoms with E-state index in [2.05, 4.69) is 30.0 Å². The summed E-state index contributed by atoms with van der Waals surface area (Å²) >= 11 is 0. The Balaban J connectivity index is 1.66. The summed E-state index contributed by atoms with van der Waals surface area (Å²) in [6, 6.07) is 8.78. The maximum atomic E-state index is 6.33. The van der Waals surface area contributed by atoms with Gasteiger partial charge in [0.2, 0.25) is 0 Å². The zero-order chi connectivity index (χ0) is 13.9.